The minimum absolute atomic E-state index is 0.248. The van der Waals surface area contributed by atoms with E-state index in [1.807, 2.05) is 85.9 Å². The minimum atomic E-state index is -0.366. The largest absolute Gasteiger partial charge is 0.489 e. The van der Waals surface area contributed by atoms with Crippen molar-refractivity contribution in [2.45, 2.75) is 20.1 Å². The Morgan fingerprint density at radius 1 is 0.788 bits per heavy atom. The van der Waals surface area contributed by atoms with Gasteiger partial charge in [0.1, 0.15) is 24.7 Å². The van der Waals surface area contributed by atoms with Gasteiger partial charge in [0.25, 0.3) is 0 Å². The van der Waals surface area contributed by atoms with Crippen molar-refractivity contribution in [1.82, 2.24) is 4.98 Å². The molecule has 166 valence electrons. The third-order valence-corrected chi connectivity index (χ3v) is 5.27. The van der Waals surface area contributed by atoms with Gasteiger partial charge in [0.05, 0.1) is 18.4 Å². The van der Waals surface area contributed by atoms with Gasteiger partial charge in [-0.15, -0.1) is 0 Å². The van der Waals surface area contributed by atoms with Crippen LogP contribution in [0.1, 0.15) is 27.2 Å². The van der Waals surface area contributed by atoms with Gasteiger partial charge in [-0.3, -0.25) is 4.98 Å². The molecule has 0 spiro atoms. The molecule has 0 unspecified atom stereocenters. The molecule has 5 nitrogen and oxygen atoms in total. The Balaban J connectivity index is 1.38. The van der Waals surface area contributed by atoms with Gasteiger partial charge in [0.2, 0.25) is 0 Å². The molecule has 3 aromatic carbocycles. The summed E-state index contributed by atoms with van der Waals surface area (Å²) in [6.45, 7) is 2.48. The number of ether oxygens (including phenoxy) is 3. The molecule has 1 aromatic heterocycles. The number of methoxy groups -OCH3 is 1. The first kappa shape index (κ1) is 22.1. The quantitative estimate of drug-likeness (QED) is 0.315. The predicted molar refractivity (Wildman–Crippen MR) is 127 cm³/mol. The normalized spacial score (nSPS) is 10.5. The lowest BCUT2D eigenvalue weighted by Gasteiger charge is -2.13. The van der Waals surface area contributed by atoms with E-state index in [4.69, 9.17) is 14.2 Å². The second-order valence-electron chi connectivity index (χ2n) is 7.56. The number of carbonyl (C=O) groups excluding carboxylic acids is 1. The molecule has 0 aliphatic carbocycles. The summed E-state index contributed by atoms with van der Waals surface area (Å²) in [5, 5.41) is 0. The highest BCUT2D eigenvalue weighted by Gasteiger charge is 2.15. The molecule has 0 saturated heterocycles. The SMILES string of the molecule is COC(=O)c1c(C)cccc1COc1cccc(OCc2ccc(-c3ccccc3)cn2)c1. The van der Waals surface area contributed by atoms with Gasteiger partial charge in [-0.1, -0.05) is 60.7 Å². The average molecular weight is 440 g/mol. The summed E-state index contributed by atoms with van der Waals surface area (Å²) in [5.74, 6) is 0.964. The van der Waals surface area contributed by atoms with Gasteiger partial charge in [-0.2, -0.15) is 0 Å². The minimum Gasteiger partial charge on any atom is -0.489 e. The van der Waals surface area contributed by atoms with E-state index in [-0.39, 0.29) is 12.6 Å². The standard InChI is InChI=1S/C28H25NO4/c1-20-8-6-11-23(27(20)28(30)31-2)18-32-25-12-7-13-26(16-25)33-19-24-15-14-22(17-29-24)21-9-4-3-5-10-21/h3-17H,18-19H2,1-2H3. The third kappa shape index (κ3) is 5.57. The second-order valence-corrected chi connectivity index (χ2v) is 7.56. The molecule has 0 atom stereocenters. The molecular formula is C28H25NO4. The van der Waals surface area contributed by atoms with Crippen LogP contribution in [-0.4, -0.2) is 18.1 Å². The Labute approximate surface area is 193 Å². The van der Waals surface area contributed by atoms with E-state index in [1.165, 1.54) is 7.11 Å². The van der Waals surface area contributed by atoms with Crippen molar-refractivity contribution in [3.63, 3.8) is 0 Å². The molecule has 33 heavy (non-hydrogen) atoms. The highest BCUT2D eigenvalue weighted by molar-refractivity contribution is 5.92. The summed E-state index contributed by atoms with van der Waals surface area (Å²) < 4.78 is 16.8. The van der Waals surface area contributed by atoms with Crippen molar-refractivity contribution >= 4 is 5.97 Å². The van der Waals surface area contributed by atoms with Crippen molar-refractivity contribution in [3.8, 4) is 22.6 Å². The van der Waals surface area contributed by atoms with Gasteiger partial charge in [-0.25, -0.2) is 4.79 Å². The van der Waals surface area contributed by atoms with Crippen molar-refractivity contribution in [2.75, 3.05) is 7.11 Å². The lowest BCUT2D eigenvalue weighted by atomic mass is 10.0. The molecule has 0 bridgehead atoms. The van der Waals surface area contributed by atoms with Crippen molar-refractivity contribution in [2.24, 2.45) is 0 Å². The number of nitrogens with zero attached hydrogens (tertiary/aromatic N) is 1. The number of hydrogen-bond acceptors (Lipinski definition) is 5. The zero-order chi connectivity index (χ0) is 23.0. The monoisotopic (exact) mass is 439 g/mol. The van der Waals surface area contributed by atoms with Crippen LogP contribution in [0.2, 0.25) is 0 Å². The van der Waals surface area contributed by atoms with E-state index in [2.05, 4.69) is 17.1 Å². The fourth-order valence-electron chi connectivity index (χ4n) is 3.53. The van der Waals surface area contributed by atoms with E-state index in [9.17, 15) is 4.79 Å². The smallest absolute Gasteiger partial charge is 0.338 e. The molecular weight excluding hydrogens is 414 g/mol. The zero-order valence-electron chi connectivity index (χ0n) is 18.7. The van der Waals surface area contributed by atoms with Crippen molar-refractivity contribution < 1.29 is 19.0 Å². The molecule has 5 heteroatoms. The maximum absolute atomic E-state index is 12.1. The zero-order valence-corrected chi connectivity index (χ0v) is 18.7. The summed E-state index contributed by atoms with van der Waals surface area (Å²) >= 11 is 0. The van der Waals surface area contributed by atoms with Crippen LogP contribution < -0.4 is 9.47 Å². The molecule has 0 N–H and O–H groups in total. The number of aromatic nitrogens is 1. The highest BCUT2D eigenvalue weighted by atomic mass is 16.5. The first-order valence-electron chi connectivity index (χ1n) is 10.7. The predicted octanol–water partition coefficient (Wildman–Crippen LogP) is 6.00. The summed E-state index contributed by atoms with van der Waals surface area (Å²) in [5.41, 5.74) is 5.20. The maximum atomic E-state index is 12.1. The second kappa shape index (κ2) is 10.5. The summed E-state index contributed by atoms with van der Waals surface area (Å²) in [4.78, 5) is 16.6. The van der Waals surface area contributed by atoms with Crippen LogP contribution >= 0.6 is 0 Å². The number of esters is 1. The van der Waals surface area contributed by atoms with E-state index in [0.29, 0.717) is 23.7 Å². The van der Waals surface area contributed by atoms with Gasteiger partial charge in [0.15, 0.2) is 0 Å². The fourth-order valence-corrected chi connectivity index (χ4v) is 3.53. The number of carbonyl (C=O) groups is 1. The van der Waals surface area contributed by atoms with Gasteiger partial charge < -0.3 is 14.2 Å². The van der Waals surface area contributed by atoms with E-state index in [1.54, 1.807) is 0 Å². The lowest BCUT2D eigenvalue weighted by molar-refractivity contribution is 0.0597. The molecule has 0 fully saturated rings. The lowest BCUT2D eigenvalue weighted by Crippen LogP contribution is -2.10. The van der Waals surface area contributed by atoms with Crippen LogP contribution in [0.25, 0.3) is 11.1 Å². The average Bonchev–Trinajstić information content (AvgIpc) is 2.87. The van der Waals surface area contributed by atoms with Crippen LogP contribution in [0.5, 0.6) is 11.5 Å². The molecule has 0 aliphatic rings. The molecule has 0 amide bonds. The Morgan fingerprint density at radius 3 is 2.21 bits per heavy atom. The van der Waals surface area contributed by atoms with E-state index in [0.717, 1.165) is 27.9 Å². The summed E-state index contributed by atoms with van der Waals surface area (Å²) in [7, 11) is 1.38. The molecule has 0 aliphatic heterocycles. The van der Waals surface area contributed by atoms with Crippen LogP contribution in [0, 0.1) is 6.92 Å². The number of benzene rings is 3. The van der Waals surface area contributed by atoms with Gasteiger partial charge >= 0.3 is 5.97 Å². The molecule has 4 aromatic rings. The number of rotatable bonds is 8. The molecule has 0 radical (unpaired) electrons. The van der Waals surface area contributed by atoms with Crippen molar-refractivity contribution in [3.05, 3.63) is 114 Å². The van der Waals surface area contributed by atoms with Crippen LogP contribution in [0.15, 0.2) is 91.1 Å². The van der Waals surface area contributed by atoms with Crippen molar-refractivity contribution in [1.29, 1.82) is 0 Å². The Bertz CT molecular complexity index is 1220. The summed E-state index contributed by atoms with van der Waals surface area (Å²) in [6.07, 6.45) is 1.86. The summed E-state index contributed by atoms with van der Waals surface area (Å²) in [6, 6.07) is 27.2. The van der Waals surface area contributed by atoms with Crippen LogP contribution in [0.4, 0.5) is 0 Å². The maximum Gasteiger partial charge on any atom is 0.338 e. The first-order chi connectivity index (χ1) is 16.1. The number of hydrogen-bond donors (Lipinski definition) is 0. The molecule has 1 heterocycles. The van der Waals surface area contributed by atoms with Crippen LogP contribution in [-0.2, 0) is 18.0 Å². The first-order valence-corrected chi connectivity index (χ1v) is 10.7. The Kier molecular flexibility index (Phi) is 7.00. The third-order valence-electron chi connectivity index (χ3n) is 5.27. The van der Waals surface area contributed by atoms with E-state index < -0.39 is 0 Å². The Morgan fingerprint density at radius 2 is 1.52 bits per heavy atom. The number of pyridine rings is 1. The molecule has 4 rings (SSSR count). The Hall–Kier alpha value is -4.12. The van der Waals surface area contributed by atoms with Gasteiger partial charge in [0, 0.05) is 23.4 Å². The van der Waals surface area contributed by atoms with Crippen LogP contribution in [0.3, 0.4) is 0 Å². The van der Waals surface area contributed by atoms with E-state index >= 15 is 0 Å². The molecule has 0 saturated carbocycles. The number of aryl methyl sites for hydroxylation is 1. The topological polar surface area (TPSA) is 57.7 Å². The fraction of sp³-hybridized carbons (Fsp3) is 0.143. The highest BCUT2D eigenvalue weighted by Crippen LogP contribution is 2.24. The van der Waals surface area contributed by atoms with Gasteiger partial charge in [-0.05, 0) is 36.2 Å².